The third-order valence-corrected chi connectivity index (χ3v) is 6.09. The molecule has 0 saturated heterocycles. The van der Waals surface area contributed by atoms with Crippen LogP contribution >= 0.6 is 11.3 Å². The average molecular weight is 432 g/mol. The first-order chi connectivity index (χ1) is 13.8. The highest BCUT2D eigenvalue weighted by Gasteiger charge is 2.16. The van der Waals surface area contributed by atoms with Crippen LogP contribution in [-0.2, 0) is 16.4 Å². The van der Waals surface area contributed by atoms with Crippen molar-refractivity contribution < 1.29 is 18.1 Å². The summed E-state index contributed by atoms with van der Waals surface area (Å²) in [6, 6.07) is 12.8. The van der Waals surface area contributed by atoms with Crippen molar-refractivity contribution in [3.8, 4) is 11.3 Å². The fourth-order valence-electron chi connectivity index (χ4n) is 2.41. The number of benzene rings is 2. The summed E-state index contributed by atoms with van der Waals surface area (Å²) in [5.41, 5.74) is 1.43. The minimum absolute atomic E-state index is 0.00260. The Labute approximate surface area is 170 Å². The summed E-state index contributed by atoms with van der Waals surface area (Å²) >= 11 is 1.38. The van der Waals surface area contributed by atoms with Gasteiger partial charge in [0.1, 0.15) is 0 Å². The van der Waals surface area contributed by atoms with Gasteiger partial charge in [0, 0.05) is 36.0 Å². The lowest BCUT2D eigenvalue weighted by molar-refractivity contribution is -0.384. The van der Waals surface area contributed by atoms with Gasteiger partial charge in [0.05, 0.1) is 20.5 Å². The molecule has 0 aliphatic carbocycles. The first-order valence-corrected chi connectivity index (χ1v) is 10.8. The van der Waals surface area contributed by atoms with E-state index < -0.39 is 21.0 Å². The number of aromatic nitrogens is 1. The van der Waals surface area contributed by atoms with Gasteiger partial charge in [-0.25, -0.2) is 22.9 Å². The summed E-state index contributed by atoms with van der Waals surface area (Å²) in [4.78, 5) is 26.5. The first-order valence-electron chi connectivity index (χ1n) is 8.40. The molecule has 150 valence electrons. The average Bonchev–Trinajstić information content (AvgIpc) is 3.17. The number of nitro groups is 1. The van der Waals surface area contributed by atoms with Gasteiger partial charge in [0.15, 0.2) is 0 Å². The third-order valence-electron chi connectivity index (χ3n) is 3.83. The quantitative estimate of drug-likeness (QED) is 0.436. The number of thiazole rings is 1. The molecule has 1 aromatic heterocycles. The molecule has 3 rings (SSSR count). The number of hydrogen-bond acceptors (Lipinski definition) is 7. The van der Waals surface area contributed by atoms with Crippen molar-refractivity contribution in [2.45, 2.75) is 11.3 Å². The molecule has 2 aromatic carbocycles. The molecule has 9 nitrogen and oxygen atoms in total. The lowest BCUT2D eigenvalue weighted by Crippen LogP contribution is -2.40. The second-order valence-corrected chi connectivity index (χ2v) is 8.48. The molecule has 0 bridgehead atoms. The van der Waals surface area contributed by atoms with E-state index in [-0.39, 0.29) is 17.1 Å². The van der Waals surface area contributed by atoms with E-state index in [1.807, 2.05) is 10.1 Å². The fraction of sp³-hybridized carbons (Fsp3) is 0.111. The highest BCUT2D eigenvalue weighted by atomic mass is 32.2. The predicted molar refractivity (Wildman–Crippen MR) is 108 cm³/mol. The standard InChI is InChI=1S/C18H16N4O5S2/c23-18(21-29(26,27)15-4-2-1-3-5-15)19-11-10-17-20-16(12-28-17)13-6-8-14(9-7-13)22(24)25/h1-9,12H,10-11H2,(H2,19,21,23). The Morgan fingerprint density at radius 3 is 2.45 bits per heavy atom. The zero-order valence-corrected chi connectivity index (χ0v) is 16.6. The normalized spacial score (nSPS) is 11.0. The Bertz CT molecular complexity index is 1110. The van der Waals surface area contributed by atoms with Gasteiger partial charge in [-0.1, -0.05) is 18.2 Å². The SMILES string of the molecule is O=C(NCCc1nc(-c2ccc([N+](=O)[O-])cc2)cs1)NS(=O)(=O)c1ccccc1. The van der Waals surface area contributed by atoms with Crippen molar-refractivity contribution in [2.75, 3.05) is 6.54 Å². The maximum absolute atomic E-state index is 12.1. The number of amides is 2. The zero-order valence-electron chi connectivity index (χ0n) is 14.9. The number of hydrogen-bond donors (Lipinski definition) is 2. The molecule has 2 N–H and O–H groups in total. The van der Waals surface area contributed by atoms with E-state index in [9.17, 15) is 23.3 Å². The summed E-state index contributed by atoms with van der Waals surface area (Å²) in [6.45, 7) is 0.198. The van der Waals surface area contributed by atoms with Crippen molar-refractivity contribution in [1.29, 1.82) is 0 Å². The van der Waals surface area contributed by atoms with E-state index in [4.69, 9.17) is 0 Å². The molecule has 0 aliphatic rings. The lowest BCUT2D eigenvalue weighted by atomic mass is 10.1. The van der Waals surface area contributed by atoms with E-state index in [0.29, 0.717) is 12.1 Å². The van der Waals surface area contributed by atoms with E-state index in [0.717, 1.165) is 10.6 Å². The topological polar surface area (TPSA) is 131 Å². The molecule has 0 spiro atoms. The monoisotopic (exact) mass is 432 g/mol. The van der Waals surface area contributed by atoms with Crippen molar-refractivity contribution in [2.24, 2.45) is 0 Å². The molecule has 0 aliphatic heterocycles. The van der Waals surface area contributed by atoms with Gasteiger partial charge >= 0.3 is 6.03 Å². The van der Waals surface area contributed by atoms with Crippen LogP contribution in [0.25, 0.3) is 11.3 Å². The number of urea groups is 1. The van der Waals surface area contributed by atoms with Gasteiger partial charge in [-0.15, -0.1) is 11.3 Å². The summed E-state index contributed by atoms with van der Waals surface area (Å²) in [6.07, 6.45) is 0.413. The number of rotatable bonds is 7. The van der Waals surface area contributed by atoms with Crippen molar-refractivity contribution in [3.63, 3.8) is 0 Å². The molecule has 11 heteroatoms. The summed E-state index contributed by atoms with van der Waals surface area (Å²) in [7, 11) is -3.92. The maximum Gasteiger partial charge on any atom is 0.328 e. The molecule has 0 atom stereocenters. The van der Waals surface area contributed by atoms with Gasteiger partial charge in [0.2, 0.25) is 0 Å². The molecule has 29 heavy (non-hydrogen) atoms. The third kappa shape index (κ3) is 5.36. The first kappa shape index (κ1) is 20.4. The predicted octanol–water partition coefficient (Wildman–Crippen LogP) is 2.95. The maximum atomic E-state index is 12.1. The van der Waals surface area contributed by atoms with Gasteiger partial charge in [-0.3, -0.25) is 10.1 Å². The molecule has 0 saturated carbocycles. The number of nitro benzene ring substituents is 1. The molecule has 0 fully saturated rings. The van der Waals surface area contributed by atoms with Gasteiger partial charge in [0.25, 0.3) is 15.7 Å². The molecule has 2 amide bonds. The van der Waals surface area contributed by atoms with Crippen molar-refractivity contribution in [1.82, 2.24) is 15.0 Å². The van der Waals surface area contributed by atoms with Gasteiger partial charge in [-0.2, -0.15) is 0 Å². The number of nitrogens with zero attached hydrogens (tertiary/aromatic N) is 2. The largest absolute Gasteiger partial charge is 0.337 e. The summed E-state index contributed by atoms with van der Waals surface area (Å²) < 4.78 is 26.1. The fourth-order valence-corrected chi connectivity index (χ4v) is 4.17. The van der Waals surface area contributed by atoms with E-state index in [2.05, 4.69) is 10.3 Å². The highest BCUT2D eigenvalue weighted by molar-refractivity contribution is 7.90. The Morgan fingerprint density at radius 1 is 1.10 bits per heavy atom. The summed E-state index contributed by atoms with van der Waals surface area (Å²) in [5, 5.41) is 15.8. The van der Waals surface area contributed by atoms with Crippen LogP contribution < -0.4 is 10.0 Å². The lowest BCUT2D eigenvalue weighted by Gasteiger charge is -2.07. The second kappa shape index (κ2) is 8.80. The number of carbonyl (C=O) groups is 1. The van der Waals surface area contributed by atoms with Crippen LogP contribution in [0.5, 0.6) is 0 Å². The second-order valence-electron chi connectivity index (χ2n) is 5.85. The Morgan fingerprint density at radius 2 is 1.79 bits per heavy atom. The molecular formula is C18H16N4O5S2. The molecule has 3 aromatic rings. The van der Waals surface area contributed by atoms with Crippen LogP contribution in [0.3, 0.4) is 0 Å². The minimum atomic E-state index is -3.92. The highest BCUT2D eigenvalue weighted by Crippen LogP contribution is 2.24. The Kier molecular flexibility index (Phi) is 6.20. The summed E-state index contributed by atoms with van der Waals surface area (Å²) in [5.74, 6) is 0. The van der Waals surface area contributed by atoms with Crippen LogP contribution in [0.2, 0.25) is 0 Å². The van der Waals surface area contributed by atoms with Crippen LogP contribution in [-0.4, -0.2) is 30.9 Å². The van der Waals surface area contributed by atoms with Gasteiger partial charge < -0.3 is 5.32 Å². The van der Waals surface area contributed by atoms with Crippen LogP contribution in [0.4, 0.5) is 10.5 Å². The molecular weight excluding hydrogens is 416 g/mol. The van der Waals surface area contributed by atoms with E-state index in [1.54, 1.807) is 30.3 Å². The molecule has 1 heterocycles. The van der Waals surface area contributed by atoms with Crippen molar-refractivity contribution >= 4 is 33.1 Å². The van der Waals surface area contributed by atoms with Gasteiger partial charge in [-0.05, 0) is 24.3 Å². The molecule has 0 radical (unpaired) electrons. The number of nitrogens with one attached hydrogen (secondary N) is 2. The number of sulfonamides is 1. The Balaban J connectivity index is 1.52. The Hall–Kier alpha value is -3.31. The van der Waals surface area contributed by atoms with Crippen molar-refractivity contribution in [3.05, 3.63) is 75.1 Å². The minimum Gasteiger partial charge on any atom is -0.337 e. The smallest absolute Gasteiger partial charge is 0.328 e. The van der Waals surface area contributed by atoms with Crippen LogP contribution in [0, 0.1) is 10.1 Å². The van der Waals surface area contributed by atoms with Crippen LogP contribution in [0.15, 0.2) is 64.9 Å². The van der Waals surface area contributed by atoms with Crippen LogP contribution in [0.1, 0.15) is 5.01 Å². The number of carbonyl (C=O) groups excluding carboxylic acids is 1. The van der Waals surface area contributed by atoms with E-state index in [1.165, 1.54) is 35.6 Å². The molecule has 0 unspecified atom stereocenters. The number of non-ortho nitro benzene ring substituents is 1. The van der Waals surface area contributed by atoms with E-state index >= 15 is 0 Å². The zero-order chi connectivity index (χ0) is 20.9.